The van der Waals surface area contributed by atoms with E-state index in [1.807, 2.05) is 6.92 Å². The molecule has 8 heteroatoms. The smallest absolute Gasteiger partial charge is 0.324 e. The van der Waals surface area contributed by atoms with Crippen LogP contribution in [0.5, 0.6) is 0 Å². The zero-order valence-corrected chi connectivity index (χ0v) is 19.8. The first-order valence-corrected chi connectivity index (χ1v) is 11.7. The van der Waals surface area contributed by atoms with Gasteiger partial charge in [-0.2, -0.15) is 0 Å². The minimum absolute atomic E-state index is 0.267. The van der Waals surface area contributed by atoms with Gasteiger partial charge in [0.05, 0.1) is 5.69 Å². The van der Waals surface area contributed by atoms with E-state index in [0.29, 0.717) is 24.0 Å². The molecule has 4 amide bonds. The molecular weight excluding hydrogens is 461 g/mol. The normalized spacial score (nSPS) is 17.1. The Labute approximate surface area is 208 Å². The number of amides is 4. The van der Waals surface area contributed by atoms with Gasteiger partial charge in [0.2, 0.25) is 5.91 Å². The Morgan fingerprint density at radius 2 is 1.61 bits per heavy atom. The van der Waals surface area contributed by atoms with Crippen LogP contribution in [-0.4, -0.2) is 35.1 Å². The number of para-hydroxylation sites is 1. The van der Waals surface area contributed by atoms with Gasteiger partial charge in [-0.25, -0.2) is 9.18 Å². The number of carbonyl (C=O) groups excluding carboxylic acids is 4. The minimum Gasteiger partial charge on any atom is -0.324 e. The van der Waals surface area contributed by atoms with Crippen LogP contribution in [0, 0.1) is 5.82 Å². The highest BCUT2D eigenvalue weighted by atomic mass is 19.1. The SMILES string of the molecule is CCCC[C@@]1(c2ccc(F)cc2)NC(=O)N(CC(=O)Nc2ccccc2C(=O)c2ccccc2)C1=O. The van der Waals surface area contributed by atoms with E-state index >= 15 is 0 Å². The molecule has 0 radical (unpaired) electrons. The van der Waals surface area contributed by atoms with Crippen LogP contribution in [-0.2, 0) is 15.1 Å². The van der Waals surface area contributed by atoms with E-state index in [2.05, 4.69) is 10.6 Å². The molecule has 7 nitrogen and oxygen atoms in total. The second kappa shape index (κ2) is 10.5. The fourth-order valence-corrected chi connectivity index (χ4v) is 4.32. The molecule has 0 aliphatic carbocycles. The van der Waals surface area contributed by atoms with E-state index in [-0.39, 0.29) is 17.0 Å². The third-order valence-corrected chi connectivity index (χ3v) is 6.20. The second-order valence-corrected chi connectivity index (χ2v) is 8.63. The standard InChI is InChI=1S/C28H26FN3O4/c1-2-3-17-28(20-13-15-21(29)16-14-20)26(35)32(27(36)31-28)18-24(33)30-23-12-8-7-11-22(23)25(34)19-9-5-4-6-10-19/h4-16H,2-3,17-18H2,1H3,(H,30,33)(H,31,36)/t28-/m0/s1. The van der Waals surface area contributed by atoms with Gasteiger partial charge in [0.15, 0.2) is 5.78 Å². The molecule has 184 valence electrons. The number of anilines is 1. The Bertz CT molecular complexity index is 1290. The van der Waals surface area contributed by atoms with Crippen molar-refractivity contribution in [3.05, 3.63) is 101 Å². The highest BCUT2D eigenvalue weighted by Crippen LogP contribution is 2.34. The van der Waals surface area contributed by atoms with Crippen molar-refractivity contribution in [3.63, 3.8) is 0 Å². The van der Waals surface area contributed by atoms with Crippen LogP contribution in [0.1, 0.15) is 47.7 Å². The fraction of sp³-hybridized carbons (Fsp3) is 0.214. The highest BCUT2D eigenvalue weighted by molar-refractivity contribution is 6.15. The third kappa shape index (κ3) is 4.88. The number of carbonyl (C=O) groups is 4. The summed E-state index contributed by atoms with van der Waals surface area (Å²) in [5.41, 5.74) is 0.116. The molecule has 0 bridgehead atoms. The Balaban J connectivity index is 1.54. The number of hydrogen-bond donors (Lipinski definition) is 2. The predicted octanol–water partition coefficient (Wildman–Crippen LogP) is 4.63. The maximum atomic E-state index is 13.5. The van der Waals surface area contributed by atoms with Crippen LogP contribution in [0.4, 0.5) is 14.9 Å². The van der Waals surface area contributed by atoms with E-state index in [1.165, 1.54) is 24.3 Å². The zero-order chi connectivity index (χ0) is 25.7. The summed E-state index contributed by atoms with van der Waals surface area (Å²) in [6, 6.07) is 19.9. The lowest BCUT2D eigenvalue weighted by atomic mass is 9.85. The van der Waals surface area contributed by atoms with E-state index < -0.39 is 35.7 Å². The zero-order valence-electron chi connectivity index (χ0n) is 19.8. The number of ketones is 1. The largest absolute Gasteiger partial charge is 0.325 e. The number of nitrogens with zero attached hydrogens (tertiary/aromatic N) is 1. The molecule has 1 atom stereocenters. The van der Waals surface area contributed by atoms with E-state index in [4.69, 9.17) is 0 Å². The Hall–Kier alpha value is -4.33. The summed E-state index contributed by atoms with van der Waals surface area (Å²) in [7, 11) is 0. The molecule has 4 rings (SSSR count). The number of imide groups is 1. The molecular formula is C28H26FN3O4. The summed E-state index contributed by atoms with van der Waals surface area (Å²) in [4.78, 5) is 53.1. The summed E-state index contributed by atoms with van der Waals surface area (Å²) in [5.74, 6) is -1.92. The van der Waals surface area contributed by atoms with Gasteiger partial charge < -0.3 is 10.6 Å². The average molecular weight is 488 g/mol. The maximum Gasteiger partial charge on any atom is 0.325 e. The molecule has 0 saturated carbocycles. The fourth-order valence-electron chi connectivity index (χ4n) is 4.32. The first-order chi connectivity index (χ1) is 17.4. The molecule has 1 saturated heterocycles. The van der Waals surface area contributed by atoms with Crippen molar-refractivity contribution in [3.8, 4) is 0 Å². The number of halogens is 1. The van der Waals surface area contributed by atoms with Crippen molar-refractivity contribution in [1.82, 2.24) is 10.2 Å². The van der Waals surface area contributed by atoms with Crippen molar-refractivity contribution in [2.24, 2.45) is 0 Å². The molecule has 1 fully saturated rings. The summed E-state index contributed by atoms with van der Waals surface area (Å²) in [5, 5.41) is 5.40. The molecule has 0 unspecified atom stereocenters. The summed E-state index contributed by atoms with van der Waals surface area (Å²) < 4.78 is 13.5. The van der Waals surface area contributed by atoms with Gasteiger partial charge in [0.25, 0.3) is 5.91 Å². The highest BCUT2D eigenvalue weighted by Gasteiger charge is 2.52. The van der Waals surface area contributed by atoms with Gasteiger partial charge >= 0.3 is 6.03 Å². The van der Waals surface area contributed by atoms with E-state index in [1.54, 1.807) is 54.6 Å². The lowest BCUT2D eigenvalue weighted by Crippen LogP contribution is -2.44. The first kappa shape index (κ1) is 24.8. The minimum atomic E-state index is -1.37. The molecule has 1 aliphatic heterocycles. The molecule has 1 aliphatic rings. The van der Waals surface area contributed by atoms with Crippen LogP contribution in [0.25, 0.3) is 0 Å². The molecule has 3 aromatic carbocycles. The molecule has 0 aromatic heterocycles. The number of urea groups is 1. The lowest BCUT2D eigenvalue weighted by Gasteiger charge is -2.27. The van der Waals surface area contributed by atoms with Crippen LogP contribution in [0.15, 0.2) is 78.9 Å². The summed E-state index contributed by atoms with van der Waals surface area (Å²) >= 11 is 0. The number of benzene rings is 3. The van der Waals surface area contributed by atoms with Crippen LogP contribution in [0.2, 0.25) is 0 Å². The lowest BCUT2D eigenvalue weighted by molar-refractivity contribution is -0.134. The van der Waals surface area contributed by atoms with Gasteiger partial charge in [-0.15, -0.1) is 0 Å². The summed E-state index contributed by atoms with van der Waals surface area (Å²) in [6.07, 6.45) is 1.73. The second-order valence-electron chi connectivity index (χ2n) is 8.63. The predicted molar refractivity (Wildman–Crippen MR) is 133 cm³/mol. The number of hydrogen-bond acceptors (Lipinski definition) is 4. The van der Waals surface area contributed by atoms with Crippen LogP contribution in [0.3, 0.4) is 0 Å². The first-order valence-electron chi connectivity index (χ1n) is 11.7. The van der Waals surface area contributed by atoms with Crippen LogP contribution >= 0.6 is 0 Å². The monoisotopic (exact) mass is 487 g/mol. The number of unbranched alkanes of at least 4 members (excludes halogenated alkanes) is 1. The van der Waals surface area contributed by atoms with Crippen molar-refractivity contribution in [2.75, 3.05) is 11.9 Å². The Morgan fingerprint density at radius 1 is 0.944 bits per heavy atom. The quantitative estimate of drug-likeness (QED) is 0.340. The Kier molecular flexibility index (Phi) is 7.24. The average Bonchev–Trinajstić information content (AvgIpc) is 3.13. The third-order valence-electron chi connectivity index (χ3n) is 6.20. The van der Waals surface area contributed by atoms with Crippen molar-refractivity contribution >= 4 is 29.3 Å². The van der Waals surface area contributed by atoms with Gasteiger partial charge in [-0.3, -0.25) is 19.3 Å². The maximum absolute atomic E-state index is 13.5. The number of rotatable bonds is 9. The topological polar surface area (TPSA) is 95.6 Å². The van der Waals surface area contributed by atoms with Crippen LogP contribution < -0.4 is 10.6 Å². The number of nitrogens with one attached hydrogen (secondary N) is 2. The van der Waals surface area contributed by atoms with E-state index in [0.717, 1.165) is 11.3 Å². The molecule has 2 N–H and O–H groups in total. The van der Waals surface area contributed by atoms with Gasteiger partial charge in [0, 0.05) is 11.1 Å². The molecule has 0 spiro atoms. The van der Waals surface area contributed by atoms with Crippen molar-refractivity contribution in [1.29, 1.82) is 0 Å². The molecule has 1 heterocycles. The van der Waals surface area contributed by atoms with E-state index in [9.17, 15) is 23.6 Å². The van der Waals surface area contributed by atoms with Crippen molar-refractivity contribution < 1.29 is 23.6 Å². The molecule has 36 heavy (non-hydrogen) atoms. The summed E-state index contributed by atoms with van der Waals surface area (Å²) in [6.45, 7) is 1.42. The Morgan fingerprint density at radius 3 is 2.31 bits per heavy atom. The van der Waals surface area contributed by atoms with Gasteiger partial charge in [0.1, 0.15) is 17.9 Å². The van der Waals surface area contributed by atoms with Gasteiger partial charge in [-0.1, -0.05) is 74.4 Å². The van der Waals surface area contributed by atoms with Crippen molar-refractivity contribution in [2.45, 2.75) is 31.7 Å². The molecule has 3 aromatic rings. The van der Waals surface area contributed by atoms with Gasteiger partial charge in [-0.05, 0) is 36.2 Å².